The van der Waals surface area contributed by atoms with Gasteiger partial charge in [0.25, 0.3) is 0 Å². The van der Waals surface area contributed by atoms with E-state index in [1.165, 1.54) is 101 Å². The van der Waals surface area contributed by atoms with E-state index in [1.54, 1.807) is 6.42 Å². The number of likely N-dealkylation sites (N-methyl/N-ethyl adjacent to an activating group) is 1. The summed E-state index contributed by atoms with van der Waals surface area (Å²) in [6.07, 6.45) is 21.2. The van der Waals surface area contributed by atoms with E-state index in [0.717, 1.165) is 42.9 Å². The minimum absolute atomic E-state index is 0.200. The zero-order valence-corrected chi connectivity index (χ0v) is 24.2. The summed E-state index contributed by atoms with van der Waals surface area (Å²) in [5, 5.41) is 14.6. The number of hydrogen-bond acceptors (Lipinski definition) is 4. The van der Waals surface area contributed by atoms with Crippen LogP contribution in [0.2, 0.25) is 0 Å². The van der Waals surface area contributed by atoms with Crippen LogP contribution >= 0.6 is 0 Å². The number of likely N-dealkylation sites (tertiary alicyclic amines) is 1. The molecular weight excluding hydrogens is 466 g/mol. The molecule has 3 aliphatic carbocycles. The third kappa shape index (κ3) is 4.55. The molecule has 1 aromatic carbocycles. The molecule has 38 heavy (non-hydrogen) atoms. The Bertz CT molecular complexity index is 968. The lowest BCUT2D eigenvalue weighted by molar-refractivity contribution is -0.0376. The van der Waals surface area contributed by atoms with E-state index in [-0.39, 0.29) is 5.41 Å². The van der Waals surface area contributed by atoms with Gasteiger partial charge in [-0.1, -0.05) is 45.1 Å². The summed E-state index contributed by atoms with van der Waals surface area (Å²) in [7, 11) is 2.32. The lowest BCUT2D eigenvalue weighted by atomic mass is 9.56. The van der Waals surface area contributed by atoms with Crippen molar-refractivity contribution >= 4 is 0 Å². The number of aromatic hydroxyl groups is 1. The van der Waals surface area contributed by atoms with Crippen LogP contribution in [0, 0.1) is 17.8 Å². The van der Waals surface area contributed by atoms with Gasteiger partial charge in [-0.2, -0.15) is 0 Å². The van der Waals surface area contributed by atoms with Crippen LogP contribution in [0.4, 0.5) is 0 Å². The predicted molar refractivity (Wildman–Crippen MR) is 156 cm³/mol. The molecule has 1 aromatic rings. The van der Waals surface area contributed by atoms with E-state index in [1.807, 2.05) is 6.07 Å². The van der Waals surface area contributed by atoms with Crippen molar-refractivity contribution in [3.05, 3.63) is 29.3 Å². The summed E-state index contributed by atoms with van der Waals surface area (Å²) in [5.74, 6) is 3.13. The number of nitrogens with zero attached hydrogens (tertiary/aromatic N) is 2. The Morgan fingerprint density at radius 3 is 2.39 bits per heavy atom. The van der Waals surface area contributed by atoms with Gasteiger partial charge in [-0.25, -0.2) is 0 Å². The Kier molecular flexibility index (Phi) is 7.06. The Morgan fingerprint density at radius 1 is 0.921 bits per heavy atom. The molecule has 7 rings (SSSR count). The van der Waals surface area contributed by atoms with Gasteiger partial charge in [0, 0.05) is 35.6 Å². The molecule has 3 saturated heterocycles. The van der Waals surface area contributed by atoms with E-state index in [0.29, 0.717) is 23.8 Å². The van der Waals surface area contributed by atoms with Crippen molar-refractivity contribution in [2.45, 2.75) is 139 Å². The van der Waals surface area contributed by atoms with Crippen LogP contribution in [-0.4, -0.2) is 65.3 Å². The highest BCUT2D eigenvalue weighted by Gasteiger charge is 2.50. The van der Waals surface area contributed by atoms with Gasteiger partial charge in [0.2, 0.25) is 0 Å². The SMILES string of the molecule is C[C@H]1[C@H]2Cc3ccc(O)cc3C1(CCNC1C[C@H]3CCC[C@@H](C1)N3C1C[C@H]3CCCC[C@@H](C1)C3)CCN2C. The third-order valence-electron chi connectivity index (χ3n) is 12.8. The fourth-order valence-electron chi connectivity index (χ4n) is 10.9. The molecule has 6 aliphatic rings. The second-order valence-corrected chi connectivity index (χ2v) is 14.7. The highest BCUT2D eigenvalue weighted by atomic mass is 16.3. The van der Waals surface area contributed by atoms with E-state index in [9.17, 15) is 5.11 Å². The predicted octanol–water partition coefficient (Wildman–Crippen LogP) is 6.25. The number of nitrogens with one attached hydrogen (secondary N) is 1. The molecule has 3 aliphatic heterocycles. The van der Waals surface area contributed by atoms with Gasteiger partial charge in [-0.3, -0.25) is 4.90 Å². The fourth-order valence-corrected chi connectivity index (χ4v) is 10.9. The van der Waals surface area contributed by atoms with Gasteiger partial charge in [-0.15, -0.1) is 0 Å². The van der Waals surface area contributed by atoms with Crippen LogP contribution in [0.5, 0.6) is 5.75 Å². The topological polar surface area (TPSA) is 38.7 Å². The van der Waals surface area contributed by atoms with E-state index in [4.69, 9.17) is 0 Å². The number of phenolic OH excluding ortho intramolecular Hbond substituents is 1. The average molecular weight is 520 g/mol. The number of fused-ring (bicyclic) bond motifs is 8. The molecule has 0 amide bonds. The molecule has 0 radical (unpaired) electrons. The number of hydrogen-bond donors (Lipinski definition) is 2. The van der Waals surface area contributed by atoms with Crippen LogP contribution in [0.3, 0.4) is 0 Å². The quantitative estimate of drug-likeness (QED) is 0.482. The maximum Gasteiger partial charge on any atom is 0.115 e. The molecule has 6 bridgehead atoms. The van der Waals surface area contributed by atoms with E-state index < -0.39 is 0 Å². The lowest BCUT2D eigenvalue weighted by Gasteiger charge is -2.56. The molecule has 4 heteroatoms. The molecule has 3 heterocycles. The molecule has 9 atom stereocenters. The van der Waals surface area contributed by atoms with Gasteiger partial charge >= 0.3 is 0 Å². The third-order valence-corrected chi connectivity index (χ3v) is 12.8. The molecule has 4 nitrogen and oxygen atoms in total. The monoisotopic (exact) mass is 519 g/mol. The first-order chi connectivity index (χ1) is 18.5. The Hall–Kier alpha value is -1.10. The summed E-state index contributed by atoms with van der Waals surface area (Å²) >= 11 is 0. The number of piperidine rings is 3. The second kappa shape index (κ2) is 10.4. The lowest BCUT2D eigenvalue weighted by Crippen LogP contribution is -2.61. The van der Waals surface area contributed by atoms with Gasteiger partial charge < -0.3 is 15.3 Å². The van der Waals surface area contributed by atoms with Gasteiger partial charge in [0.15, 0.2) is 0 Å². The van der Waals surface area contributed by atoms with Gasteiger partial charge in [-0.05, 0) is 125 Å². The van der Waals surface area contributed by atoms with Crippen LogP contribution < -0.4 is 5.32 Å². The van der Waals surface area contributed by atoms with Gasteiger partial charge in [0.05, 0.1) is 0 Å². The molecule has 5 fully saturated rings. The van der Waals surface area contributed by atoms with Crippen molar-refractivity contribution in [2.24, 2.45) is 17.8 Å². The van der Waals surface area contributed by atoms with Crippen LogP contribution in [0.25, 0.3) is 0 Å². The summed E-state index contributed by atoms with van der Waals surface area (Å²) in [4.78, 5) is 5.71. The van der Waals surface area contributed by atoms with Crippen molar-refractivity contribution in [1.82, 2.24) is 15.1 Å². The number of phenols is 1. The maximum atomic E-state index is 10.4. The molecular formula is C34H53N3O. The van der Waals surface area contributed by atoms with E-state index >= 15 is 0 Å². The zero-order chi connectivity index (χ0) is 25.9. The second-order valence-electron chi connectivity index (χ2n) is 14.7. The maximum absolute atomic E-state index is 10.4. The zero-order valence-electron chi connectivity index (χ0n) is 24.2. The fraction of sp³-hybridized carbons (Fsp3) is 0.824. The molecule has 0 aromatic heterocycles. The van der Waals surface area contributed by atoms with Crippen molar-refractivity contribution < 1.29 is 5.11 Å². The highest BCUT2D eigenvalue weighted by Crippen LogP contribution is 2.51. The van der Waals surface area contributed by atoms with Crippen molar-refractivity contribution in [3.63, 3.8) is 0 Å². The highest BCUT2D eigenvalue weighted by molar-refractivity contribution is 5.44. The van der Waals surface area contributed by atoms with Crippen molar-refractivity contribution in [2.75, 3.05) is 20.1 Å². The van der Waals surface area contributed by atoms with Gasteiger partial charge in [0.1, 0.15) is 5.75 Å². The summed E-state index contributed by atoms with van der Waals surface area (Å²) in [6.45, 7) is 4.79. The molecule has 2 saturated carbocycles. The van der Waals surface area contributed by atoms with E-state index in [2.05, 4.69) is 41.2 Å². The van der Waals surface area contributed by atoms with Crippen LogP contribution in [-0.2, 0) is 11.8 Å². The summed E-state index contributed by atoms with van der Waals surface area (Å²) in [5.41, 5.74) is 3.14. The largest absolute Gasteiger partial charge is 0.508 e. The molecule has 210 valence electrons. The van der Waals surface area contributed by atoms with Crippen molar-refractivity contribution in [1.29, 1.82) is 0 Å². The Labute approximate surface area is 231 Å². The molecule has 3 unspecified atom stereocenters. The Morgan fingerprint density at radius 2 is 1.66 bits per heavy atom. The summed E-state index contributed by atoms with van der Waals surface area (Å²) < 4.78 is 0. The number of benzene rings is 1. The Balaban J connectivity index is 1.03. The molecule has 0 spiro atoms. The van der Waals surface area contributed by atoms with Crippen LogP contribution in [0.15, 0.2) is 18.2 Å². The first-order valence-corrected chi connectivity index (χ1v) is 16.5. The minimum atomic E-state index is 0.200. The standard InChI is InChI=1S/C34H53N3O/c1-23-33-19-26-10-11-31(38)22-32(26)34(23,13-15-36(33)2)12-14-35-27-20-28-8-5-9-29(21-27)37(28)30-17-24-6-3-4-7-25(16-24)18-30/h10-11,22-25,27-30,33,35,38H,3-9,12-21H2,1-2H3/t23-,24-,25+,27?,28-,29+,30?,33+,34?/m0/s1. The molecule has 2 N–H and O–H groups in total. The van der Waals surface area contributed by atoms with Crippen molar-refractivity contribution in [3.8, 4) is 5.75 Å². The first kappa shape index (κ1) is 25.8. The first-order valence-electron chi connectivity index (χ1n) is 16.5. The number of rotatable bonds is 5. The smallest absolute Gasteiger partial charge is 0.115 e. The summed E-state index contributed by atoms with van der Waals surface area (Å²) in [6, 6.07) is 10.1. The van der Waals surface area contributed by atoms with Crippen LogP contribution in [0.1, 0.15) is 108 Å². The normalized spacial score (nSPS) is 43.3. The average Bonchev–Trinajstić information content (AvgIpc) is 3.07. The minimum Gasteiger partial charge on any atom is -0.508 e.